The molecule has 14 nitrogen and oxygen atoms in total. The molecular formula is C31H36N12O2. The van der Waals surface area contributed by atoms with Crippen molar-refractivity contribution in [3.8, 4) is 11.8 Å². The monoisotopic (exact) mass is 608 g/mol. The summed E-state index contributed by atoms with van der Waals surface area (Å²) in [6, 6.07) is 9.69. The fourth-order valence-electron chi connectivity index (χ4n) is 4.62. The highest BCUT2D eigenvalue weighted by Gasteiger charge is 2.22. The fourth-order valence-corrected chi connectivity index (χ4v) is 4.62. The first kappa shape index (κ1) is 32.5. The van der Waals surface area contributed by atoms with Crippen molar-refractivity contribution in [2.45, 2.75) is 33.6 Å². The van der Waals surface area contributed by atoms with Crippen LogP contribution < -0.4 is 16.0 Å². The fraction of sp³-hybridized carbons (Fsp3) is 0.355. The molecule has 0 aliphatic heterocycles. The van der Waals surface area contributed by atoms with E-state index in [1.165, 1.54) is 4.68 Å². The average molecular weight is 609 g/mol. The lowest BCUT2D eigenvalue weighted by Gasteiger charge is -2.17. The molecular weight excluding hydrogens is 572 g/mol. The number of pyridine rings is 1. The largest absolute Gasteiger partial charge is 0.385 e. The molecule has 45 heavy (non-hydrogen) atoms. The summed E-state index contributed by atoms with van der Waals surface area (Å²) in [6.07, 6.45) is 4.59. The number of ether oxygens (including phenoxy) is 2. The van der Waals surface area contributed by atoms with E-state index in [4.69, 9.17) is 26.0 Å². The maximum Gasteiger partial charge on any atom is 0.277 e. The molecule has 0 bridgehead atoms. The van der Waals surface area contributed by atoms with E-state index in [0.717, 1.165) is 35.2 Å². The minimum Gasteiger partial charge on any atom is -0.385 e. The van der Waals surface area contributed by atoms with Gasteiger partial charge in [-0.05, 0) is 56.9 Å². The molecule has 0 aliphatic carbocycles. The van der Waals surface area contributed by atoms with Gasteiger partial charge in [0, 0.05) is 52.4 Å². The lowest BCUT2D eigenvalue weighted by atomic mass is 10.1. The van der Waals surface area contributed by atoms with Gasteiger partial charge in [-0.1, -0.05) is 29.4 Å². The van der Waals surface area contributed by atoms with Crippen molar-refractivity contribution in [1.82, 2.24) is 24.7 Å². The Balaban J connectivity index is 1.81. The molecule has 0 saturated carbocycles. The number of hydrogen-bond acceptors (Lipinski definition) is 12. The van der Waals surface area contributed by atoms with Crippen LogP contribution in [0.15, 0.2) is 46.9 Å². The van der Waals surface area contributed by atoms with Crippen LogP contribution in [0.1, 0.15) is 35.1 Å². The lowest BCUT2D eigenvalue weighted by molar-refractivity contribution is 0.197. The number of nitrogens with zero attached hydrogens (tertiary/aromatic N) is 9. The van der Waals surface area contributed by atoms with Crippen molar-refractivity contribution in [2.75, 3.05) is 56.5 Å². The third kappa shape index (κ3) is 8.14. The number of rotatable bonds is 15. The third-order valence-corrected chi connectivity index (χ3v) is 6.63. The first-order chi connectivity index (χ1) is 21.9. The van der Waals surface area contributed by atoms with E-state index in [1.807, 2.05) is 19.9 Å². The first-order valence-electron chi connectivity index (χ1n) is 14.3. The number of hydrogen-bond donors (Lipinski definition) is 3. The van der Waals surface area contributed by atoms with Gasteiger partial charge in [-0.3, -0.25) is 4.98 Å². The molecule has 3 aromatic heterocycles. The van der Waals surface area contributed by atoms with Gasteiger partial charge in [0.15, 0.2) is 23.0 Å². The smallest absolute Gasteiger partial charge is 0.277 e. The zero-order valence-electron chi connectivity index (χ0n) is 26.0. The van der Waals surface area contributed by atoms with Crippen molar-refractivity contribution < 1.29 is 9.47 Å². The molecule has 3 heterocycles. The summed E-state index contributed by atoms with van der Waals surface area (Å²) in [5, 5.41) is 33.2. The van der Waals surface area contributed by atoms with E-state index >= 15 is 0 Å². The molecule has 0 unspecified atom stereocenters. The van der Waals surface area contributed by atoms with E-state index in [-0.39, 0.29) is 17.2 Å². The van der Waals surface area contributed by atoms with E-state index < -0.39 is 0 Å². The second-order valence-corrected chi connectivity index (χ2v) is 10.1. The van der Waals surface area contributed by atoms with E-state index in [0.29, 0.717) is 55.3 Å². The number of anilines is 4. The summed E-state index contributed by atoms with van der Waals surface area (Å²) in [6.45, 7) is 16.0. The van der Waals surface area contributed by atoms with Gasteiger partial charge < -0.3 is 30.3 Å². The molecule has 0 radical (unpaired) electrons. The van der Waals surface area contributed by atoms with Crippen molar-refractivity contribution >= 4 is 40.6 Å². The molecule has 0 amide bonds. The number of aromatic nitrogens is 5. The van der Waals surface area contributed by atoms with Gasteiger partial charge in [-0.15, -0.1) is 10.2 Å². The average Bonchev–Trinajstić information content (AvgIpc) is 3.40. The predicted octanol–water partition coefficient (Wildman–Crippen LogP) is 6.46. The van der Waals surface area contributed by atoms with Gasteiger partial charge >= 0.3 is 0 Å². The molecule has 4 aromatic rings. The molecule has 0 aliphatic rings. The number of nitriles is 1. The van der Waals surface area contributed by atoms with Crippen LogP contribution >= 0.6 is 0 Å². The van der Waals surface area contributed by atoms with Crippen LogP contribution in [0.5, 0.6) is 0 Å². The summed E-state index contributed by atoms with van der Waals surface area (Å²) >= 11 is 0. The van der Waals surface area contributed by atoms with Crippen LogP contribution in [-0.2, 0) is 9.47 Å². The Morgan fingerprint density at radius 1 is 1.00 bits per heavy atom. The minimum absolute atomic E-state index is 0.00802. The van der Waals surface area contributed by atoms with Gasteiger partial charge in [-0.2, -0.15) is 19.9 Å². The lowest BCUT2D eigenvalue weighted by Crippen LogP contribution is -2.12. The van der Waals surface area contributed by atoms with Crippen LogP contribution in [0.3, 0.4) is 0 Å². The summed E-state index contributed by atoms with van der Waals surface area (Å²) in [4.78, 5) is 17.2. The number of methoxy groups -OCH3 is 2. The van der Waals surface area contributed by atoms with E-state index in [1.54, 1.807) is 38.7 Å². The Morgan fingerprint density at radius 2 is 1.64 bits per heavy atom. The highest BCUT2D eigenvalue weighted by molar-refractivity contribution is 5.77. The quantitative estimate of drug-likeness (QED) is 0.0775. The Morgan fingerprint density at radius 3 is 2.18 bits per heavy atom. The molecule has 0 atom stereocenters. The van der Waals surface area contributed by atoms with Crippen LogP contribution in [0.25, 0.3) is 10.5 Å². The molecule has 0 fully saturated rings. The highest BCUT2D eigenvalue weighted by atomic mass is 16.5. The van der Waals surface area contributed by atoms with Crippen LogP contribution in [-0.4, -0.2) is 65.3 Å². The predicted molar refractivity (Wildman–Crippen MR) is 172 cm³/mol. The minimum atomic E-state index is -0.0175. The van der Waals surface area contributed by atoms with Crippen molar-refractivity contribution in [3.63, 3.8) is 0 Å². The van der Waals surface area contributed by atoms with Crippen molar-refractivity contribution in [2.24, 2.45) is 10.2 Å². The Kier molecular flexibility index (Phi) is 11.4. The van der Waals surface area contributed by atoms with Gasteiger partial charge in [-0.25, -0.2) is 0 Å². The first-order valence-corrected chi connectivity index (χ1v) is 14.3. The molecule has 3 N–H and O–H groups in total. The zero-order valence-corrected chi connectivity index (χ0v) is 26.0. The maximum absolute atomic E-state index is 9.92. The van der Waals surface area contributed by atoms with Crippen molar-refractivity contribution in [3.05, 3.63) is 70.3 Å². The molecule has 1 aromatic carbocycles. The molecule has 14 heteroatoms. The van der Waals surface area contributed by atoms with Gasteiger partial charge in [0.1, 0.15) is 5.56 Å². The number of benzene rings is 1. The Labute approximate surface area is 262 Å². The van der Waals surface area contributed by atoms with Gasteiger partial charge in [0.05, 0.1) is 12.3 Å². The van der Waals surface area contributed by atoms with E-state index in [2.05, 4.69) is 60.2 Å². The van der Waals surface area contributed by atoms with Crippen molar-refractivity contribution in [1.29, 1.82) is 5.26 Å². The maximum atomic E-state index is 9.92. The van der Waals surface area contributed by atoms with Crippen LogP contribution in [0.2, 0.25) is 0 Å². The summed E-state index contributed by atoms with van der Waals surface area (Å²) in [5.41, 5.74) is 5.03. The topological polar surface area (TPSA) is 164 Å². The Hall–Kier alpha value is -5.44. The number of azo groups is 1. The molecule has 232 valence electrons. The Bertz CT molecular complexity index is 1670. The zero-order chi connectivity index (χ0) is 32.2. The summed E-state index contributed by atoms with van der Waals surface area (Å²) in [7, 11) is 3.30. The third-order valence-electron chi connectivity index (χ3n) is 6.63. The molecule has 4 rings (SSSR count). The van der Waals surface area contributed by atoms with E-state index in [9.17, 15) is 5.26 Å². The molecule has 0 saturated heterocycles. The van der Waals surface area contributed by atoms with Gasteiger partial charge in [0.2, 0.25) is 11.8 Å². The molecule has 0 spiro atoms. The summed E-state index contributed by atoms with van der Waals surface area (Å²) in [5.74, 6) is 1.19. The number of nitrogens with one attached hydrogen (secondary N) is 3. The SMILES string of the molecule is [C-]#[N+]c1c(C#N)c(N=Nc2c(NCCCOC)nc(Nc3c(C)cc(C)cc3C)nc2NCCCOC)nn1-c1cccnc1. The van der Waals surface area contributed by atoms with Gasteiger partial charge in [0.25, 0.3) is 5.82 Å². The number of aryl methyl sites for hydroxylation is 3. The summed E-state index contributed by atoms with van der Waals surface area (Å²) < 4.78 is 11.8. The highest BCUT2D eigenvalue weighted by Crippen LogP contribution is 2.37. The van der Waals surface area contributed by atoms with Crippen LogP contribution in [0.4, 0.5) is 40.6 Å². The normalized spacial score (nSPS) is 10.9. The second-order valence-electron chi connectivity index (χ2n) is 10.1. The van der Waals surface area contributed by atoms with Crippen LogP contribution in [0, 0.1) is 38.7 Å². The standard InChI is InChI=1S/C31H36N12O2/c1-20-16-21(2)25(22(3)17-20)37-31-38-28(35-12-8-14-44-5)26(29(39-31)36-13-9-15-45-6)40-41-27-24(18-32)30(33-4)43(42-27)23-10-7-11-34-19-23/h7,10-11,16-17,19H,8-9,12-15H2,1-3,5-6H3,(H3,35,36,37,38,39). The second kappa shape index (κ2) is 15.9.